The highest BCUT2D eigenvalue weighted by Crippen LogP contribution is 2.35. The first-order valence-corrected chi connectivity index (χ1v) is 8.49. The molecule has 0 bridgehead atoms. The number of alkyl halides is 1. The van der Waals surface area contributed by atoms with Gasteiger partial charge < -0.3 is 10.2 Å². The van der Waals surface area contributed by atoms with Crippen molar-refractivity contribution in [3.8, 4) is 0 Å². The standard InChI is InChI=1S/C10H8O3S2.CH3I/c11-9(12)10(13,7-3-1-5-14-7)8-4-2-6-15-8;1-2/h1-6,13H,(H,11,12);1H3. The zero-order valence-electron chi connectivity index (χ0n) is 8.96. The summed E-state index contributed by atoms with van der Waals surface area (Å²) in [6, 6.07) is 6.69. The summed E-state index contributed by atoms with van der Waals surface area (Å²) in [6.07, 6.45) is 0. The Hall–Kier alpha value is -0.440. The number of hydrogen-bond donors (Lipinski definition) is 2. The SMILES string of the molecule is CI.O=C(O)C(O)(c1cccs1)c1cccs1. The number of hydrogen-bond acceptors (Lipinski definition) is 4. The quantitative estimate of drug-likeness (QED) is 0.633. The predicted octanol–water partition coefficient (Wildman–Crippen LogP) is 3.18. The van der Waals surface area contributed by atoms with E-state index in [4.69, 9.17) is 5.11 Å². The summed E-state index contributed by atoms with van der Waals surface area (Å²) < 4.78 is 0. The monoisotopic (exact) mass is 382 g/mol. The van der Waals surface area contributed by atoms with Gasteiger partial charge in [-0.05, 0) is 27.8 Å². The largest absolute Gasteiger partial charge is 0.479 e. The fourth-order valence-corrected chi connectivity index (χ4v) is 3.02. The summed E-state index contributed by atoms with van der Waals surface area (Å²) in [6.45, 7) is 0. The van der Waals surface area contributed by atoms with Gasteiger partial charge in [0.15, 0.2) is 0 Å². The van der Waals surface area contributed by atoms with E-state index in [2.05, 4.69) is 22.6 Å². The molecule has 0 amide bonds. The third kappa shape index (κ3) is 2.87. The van der Waals surface area contributed by atoms with E-state index < -0.39 is 11.6 Å². The van der Waals surface area contributed by atoms with E-state index >= 15 is 0 Å². The molecule has 0 saturated carbocycles. The molecule has 0 aromatic carbocycles. The van der Waals surface area contributed by atoms with Crippen molar-refractivity contribution < 1.29 is 15.0 Å². The van der Waals surface area contributed by atoms with E-state index in [1.54, 1.807) is 35.0 Å². The molecule has 0 saturated heterocycles. The molecule has 2 aromatic heterocycles. The highest BCUT2D eigenvalue weighted by atomic mass is 127. The molecule has 2 rings (SSSR count). The van der Waals surface area contributed by atoms with Crippen LogP contribution in [0.5, 0.6) is 0 Å². The van der Waals surface area contributed by atoms with Gasteiger partial charge >= 0.3 is 5.97 Å². The summed E-state index contributed by atoms with van der Waals surface area (Å²) in [5, 5.41) is 22.9. The van der Waals surface area contributed by atoms with Gasteiger partial charge in [0, 0.05) is 0 Å². The average molecular weight is 382 g/mol. The first-order chi connectivity index (χ1) is 8.15. The topological polar surface area (TPSA) is 57.5 Å². The maximum Gasteiger partial charge on any atom is 0.346 e. The minimum atomic E-state index is -1.90. The third-order valence-electron chi connectivity index (χ3n) is 2.07. The first-order valence-electron chi connectivity index (χ1n) is 4.57. The zero-order chi connectivity index (χ0) is 12.9. The number of thiophene rings is 2. The molecule has 2 N–H and O–H groups in total. The minimum absolute atomic E-state index is 0.428. The van der Waals surface area contributed by atoms with E-state index in [-0.39, 0.29) is 0 Å². The zero-order valence-corrected chi connectivity index (χ0v) is 12.8. The number of halogens is 1. The van der Waals surface area contributed by atoms with E-state index in [1.807, 2.05) is 4.93 Å². The highest BCUT2D eigenvalue weighted by molar-refractivity contribution is 14.1. The van der Waals surface area contributed by atoms with Gasteiger partial charge in [-0.3, -0.25) is 0 Å². The maximum atomic E-state index is 11.2. The molecule has 6 heteroatoms. The van der Waals surface area contributed by atoms with Crippen molar-refractivity contribution in [3.05, 3.63) is 44.8 Å². The smallest absolute Gasteiger partial charge is 0.346 e. The van der Waals surface area contributed by atoms with Crippen molar-refractivity contribution in [3.63, 3.8) is 0 Å². The molecule has 0 spiro atoms. The van der Waals surface area contributed by atoms with E-state index in [1.165, 1.54) is 22.7 Å². The van der Waals surface area contributed by atoms with Crippen LogP contribution in [0, 0.1) is 0 Å². The molecule has 2 aromatic rings. The second kappa shape index (κ2) is 6.48. The highest BCUT2D eigenvalue weighted by Gasteiger charge is 2.42. The van der Waals surface area contributed by atoms with Crippen molar-refractivity contribution in [1.82, 2.24) is 0 Å². The molecule has 0 aliphatic heterocycles. The molecule has 3 nitrogen and oxygen atoms in total. The number of carbonyl (C=O) groups is 1. The Morgan fingerprint density at radius 3 is 1.82 bits per heavy atom. The van der Waals surface area contributed by atoms with Gasteiger partial charge in [-0.15, -0.1) is 22.7 Å². The van der Waals surface area contributed by atoms with Gasteiger partial charge in [-0.2, -0.15) is 0 Å². The van der Waals surface area contributed by atoms with Gasteiger partial charge in [0.2, 0.25) is 5.60 Å². The Bertz CT molecular complexity index is 417. The summed E-state index contributed by atoms with van der Waals surface area (Å²) in [5.74, 6) is -1.24. The van der Waals surface area contributed by atoms with Crippen molar-refractivity contribution in [2.24, 2.45) is 0 Å². The molecule has 2 heterocycles. The van der Waals surface area contributed by atoms with Crippen molar-refractivity contribution in [1.29, 1.82) is 0 Å². The molecule has 92 valence electrons. The molecule has 0 unspecified atom stereocenters. The lowest BCUT2D eigenvalue weighted by Gasteiger charge is -2.20. The Balaban J connectivity index is 0.000000686. The first kappa shape index (κ1) is 14.6. The molecule has 17 heavy (non-hydrogen) atoms. The Labute approximate surface area is 121 Å². The third-order valence-corrected chi connectivity index (χ3v) is 4.02. The van der Waals surface area contributed by atoms with Crippen LogP contribution in [0.1, 0.15) is 9.75 Å². The lowest BCUT2D eigenvalue weighted by Crippen LogP contribution is -2.34. The summed E-state index contributed by atoms with van der Waals surface area (Å²) in [5.41, 5.74) is -1.90. The van der Waals surface area contributed by atoms with Gasteiger partial charge in [-0.25, -0.2) is 4.79 Å². The second-order valence-corrected chi connectivity index (χ2v) is 4.87. The lowest BCUT2D eigenvalue weighted by atomic mass is 10.0. The fraction of sp³-hybridized carbons (Fsp3) is 0.182. The Kier molecular flexibility index (Phi) is 5.57. The van der Waals surface area contributed by atoms with Crippen LogP contribution < -0.4 is 0 Å². The average Bonchev–Trinajstić information content (AvgIpc) is 3.03. The van der Waals surface area contributed by atoms with Crippen molar-refractivity contribution in [2.75, 3.05) is 4.93 Å². The molecule has 0 aliphatic rings. The predicted molar refractivity (Wildman–Crippen MR) is 79.2 cm³/mol. The maximum absolute atomic E-state index is 11.2. The van der Waals surface area contributed by atoms with Gasteiger partial charge in [0.05, 0.1) is 9.75 Å². The normalized spacial score (nSPS) is 10.5. The molecular formula is C11H11IO3S2. The van der Waals surface area contributed by atoms with Gasteiger partial charge in [0.1, 0.15) is 0 Å². The van der Waals surface area contributed by atoms with Gasteiger partial charge in [-0.1, -0.05) is 34.7 Å². The van der Waals surface area contributed by atoms with E-state index in [0.29, 0.717) is 9.75 Å². The fourth-order valence-electron chi connectivity index (χ4n) is 1.30. The van der Waals surface area contributed by atoms with Crippen LogP contribution in [-0.4, -0.2) is 21.1 Å². The number of aliphatic hydroxyl groups is 1. The number of carboxylic acid groups (broad SMARTS) is 1. The summed E-state index contributed by atoms with van der Waals surface area (Å²) in [4.78, 5) is 14.0. The van der Waals surface area contributed by atoms with Crippen molar-refractivity contribution in [2.45, 2.75) is 5.60 Å². The van der Waals surface area contributed by atoms with Crippen molar-refractivity contribution >= 4 is 51.2 Å². The number of rotatable bonds is 3. The van der Waals surface area contributed by atoms with E-state index in [0.717, 1.165) is 0 Å². The molecular weight excluding hydrogens is 371 g/mol. The molecule has 0 radical (unpaired) electrons. The number of carboxylic acids is 1. The van der Waals surface area contributed by atoms with Crippen LogP contribution in [0.15, 0.2) is 35.0 Å². The van der Waals surface area contributed by atoms with Crippen LogP contribution in [0.3, 0.4) is 0 Å². The summed E-state index contributed by atoms with van der Waals surface area (Å²) in [7, 11) is 0. The summed E-state index contributed by atoms with van der Waals surface area (Å²) >= 11 is 4.61. The van der Waals surface area contributed by atoms with Gasteiger partial charge in [0.25, 0.3) is 0 Å². The van der Waals surface area contributed by atoms with Crippen LogP contribution >= 0.6 is 45.3 Å². The van der Waals surface area contributed by atoms with Crippen LogP contribution in [0.25, 0.3) is 0 Å². The van der Waals surface area contributed by atoms with E-state index in [9.17, 15) is 9.90 Å². The Morgan fingerprint density at radius 1 is 1.18 bits per heavy atom. The molecule has 0 atom stereocenters. The number of aliphatic carboxylic acids is 1. The van der Waals surface area contributed by atoms with Crippen LogP contribution in [0.2, 0.25) is 0 Å². The van der Waals surface area contributed by atoms with Crippen LogP contribution in [0.4, 0.5) is 0 Å². The lowest BCUT2D eigenvalue weighted by molar-refractivity contribution is -0.154. The van der Waals surface area contributed by atoms with Crippen LogP contribution in [-0.2, 0) is 10.4 Å². The minimum Gasteiger partial charge on any atom is -0.479 e. The Morgan fingerprint density at radius 2 is 1.59 bits per heavy atom. The molecule has 0 fully saturated rings. The second-order valence-electron chi connectivity index (χ2n) is 2.97. The molecule has 0 aliphatic carbocycles.